The summed E-state index contributed by atoms with van der Waals surface area (Å²) in [4.78, 5) is 13.1. The zero-order chi connectivity index (χ0) is 12.7. The molecule has 1 atom stereocenters. The minimum Gasteiger partial charge on any atom is -0.494 e. The van der Waals surface area contributed by atoms with E-state index in [4.69, 9.17) is 10.5 Å². The molecule has 0 aromatic heterocycles. The van der Waals surface area contributed by atoms with Gasteiger partial charge in [-0.05, 0) is 25.5 Å². The minimum absolute atomic E-state index is 0.0373. The molecule has 0 heterocycles. The van der Waals surface area contributed by atoms with Crippen molar-refractivity contribution < 1.29 is 9.53 Å². The molecule has 2 N–H and O–H groups in total. The van der Waals surface area contributed by atoms with Crippen LogP contribution in [-0.2, 0) is 4.79 Å². The summed E-state index contributed by atoms with van der Waals surface area (Å²) in [5.74, 6) is 0.818. The van der Waals surface area contributed by atoms with Crippen LogP contribution in [0.5, 0.6) is 5.75 Å². The normalized spacial score (nSPS) is 11.9. The van der Waals surface area contributed by atoms with Crippen molar-refractivity contribution in [3.63, 3.8) is 0 Å². The number of amides is 1. The zero-order valence-electron chi connectivity index (χ0n) is 10.4. The molecule has 17 heavy (non-hydrogen) atoms. The number of carbonyl (C=O) groups is 1. The molecule has 1 rings (SSSR count). The number of likely N-dealkylation sites (N-methyl/N-ethyl adjacent to an activating group) is 1. The van der Waals surface area contributed by atoms with Gasteiger partial charge in [-0.2, -0.15) is 0 Å². The fraction of sp³-hybridized carbons (Fsp3) is 0.462. The molecule has 0 saturated carbocycles. The van der Waals surface area contributed by atoms with Crippen LogP contribution < -0.4 is 10.5 Å². The van der Waals surface area contributed by atoms with Gasteiger partial charge >= 0.3 is 0 Å². The Kier molecular flexibility index (Phi) is 5.49. The second kappa shape index (κ2) is 6.91. The molecule has 4 heteroatoms. The fourth-order valence-electron chi connectivity index (χ4n) is 1.47. The number of rotatable bonds is 6. The van der Waals surface area contributed by atoms with Gasteiger partial charge in [0.1, 0.15) is 5.75 Å². The molecule has 0 saturated heterocycles. The lowest BCUT2D eigenvalue weighted by atomic mass is 10.3. The predicted octanol–water partition coefficient (Wildman–Crippen LogP) is 1.26. The van der Waals surface area contributed by atoms with Gasteiger partial charge in [-0.25, -0.2) is 0 Å². The number of nitrogens with zero attached hydrogens (tertiary/aromatic N) is 1. The van der Waals surface area contributed by atoms with Gasteiger partial charge in [0.2, 0.25) is 5.91 Å². The average molecular weight is 236 g/mol. The van der Waals surface area contributed by atoms with E-state index in [9.17, 15) is 4.79 Å². The van der Waals surface area contributed by atoms with E-state index in [0.29, 0.717) is 13.2 Å². The molecule has 0 unspecified atom stereocenters. The van der Waals surface area contributed by atoms with E-state index in [1.54, 1.807) is 18.9 Å². The lowest BCUT2D eigenvalue weighted by Crippen LogP contribution is -2.40. The maximum atomic E-state index is 11.5. The summed E-state index contributed by atoms with van der Waals surface area (Å²) in [6.45, 7) is 2.95. The van der Waals surface area contributed by atoms with Crippen LogP contribution in [0.4, 0.5) is 0 Å². The molecule has 0 aliphatic rings. The van der Waals surface area contributed by atoms with Gasteiger partial charge in [0.25, 0.3) is 0 Å². The third kappa shape index (κ3) is 4.87. The number of hydrogen-bond donors (Lipinski definition) is 1. The molecule has 0 spiro atoms. The first-order chi connectivity index (χ1) is 8.11. The average Bonchev–Trinajstić information content (AvgIpc) is 2.34. The van der Waals surface area contributed by atoms with Gasteiger partial charge in [-0.3, -0.25) is 4.79 Å². The van der Waals surface area contributed by atoms with Crippen molar-refractivity contribution >= 4 is 5.91 Å². The molecule has 1 aromatic carbocycles. The SMILES string of the molecule is C[C@H](N)C(=O)N(C)CCCOc1ccccc1. The predicted molar refractivity (Wildman–Crippen MR) is 67.8 cm³/mol. The van der Waals surface area contributed by atoms with Crippen LogP contribution in [-0.4, -0.2) is 37.0 Å². The number of ether oxygens (including phenoxy) is 1. The first kappa shape index (κ1) is 13.5. The summed E-state index contributed by atoms with van der Waals surface area (Å²) in [6, 6.07) is 9.20. The fourth-order valence-corrected chi connectivity index (χ4v) is 1.47. The largest absolute Gasteiger partial charge is 0.494 e. The van der Waals surface area contributed by atoms with E-state index in [1.165, 1.54) is 0 Å². The Morgan fingerprint density at radius 2 is 2.06 bits per heavy atom. The van der Waals surface area contributed by atoms with Gasteiger partial charge in [0.05, 0.1) is 12.6 Å². The molecule has 0 aliphatic carbocycles. The maximum Gasteiger partial charge on any atom is 0.238 e. The second-order valence-corrected chi connectivity index (χ2v) is 4.06. The van der Waals surface area contributed by atoms with Crippen LogP contribution >= 0.6 is 0 Å². The molecule has 0 radical (unpaired) electrons. The highest BCUT2D eigenvalue weighted by molar-refractivity contribution is 5.80. The smallest absolute Gasteiger partial charge is 0.238 e. The van der Waals surface area contributed by atoms with Crippen LogP contribution in [0, 0.1) is 0 Å². The highest BCUT2D eigenvalue weighted by Crippen LogP contribution is 2.08. The molecular weight excluding hydrogens is 216 g/mol. The molecule has 1 aromatic rings. The van der Waals surface area contributed by atoms with Gasteiger partial charge in [-0.15, -0.1) is 0 Å². The van der Waals surface area contributed by atoms with E-state index in [-0.39, 0.29) is 5.91 Å². The summed E-state index contributed by atoms with van der Waals surface area (Å²) in [5.41, 5.74) is 5.51. The summed E-state index contributed by atoms with van der Waals surface area (Å²) in [7, 11) is 1.76. The Labute approximate surface area is 102 Å². The number of carbonyl (C=O) groups excluding carboxylic acids is 1. The summed E-state index contributed by atoms with van der Waals surface area (Å²) >= 11 is 0. The maximum absolute atomic E-state index is 11.5. The van der Waals surface area contributed by atoms with E-state index in [1.807, 2.05) is 30.3 Å². The monoisotopic (exact) mass is 236 g/mol. The third-order valence-corrected chi connectivity index (χ3v) is 2.42. The quantitative estimate of drug-likeness (QED) is 0.757. The first-order valence-electron chi connectivity index (χ1n) is 5.79. The highest BCUT2D eigenvalue weighted by atomic mass is 16.5. The summed E-state index contributed by atoms with van der Waals surface area (Å²) in [5, 5.41) is 0. The lowest BCUT2D eigenvalue weighted by Gasteiger charge is -2.19. The van der Waals surface area contributed by atoms with Gasteiger partial charge in [0.15, 0.2) is 0 Å². The van der Waals surface area contributed by atoms with Crippen LogP contribution in [0.15, 0.2) is 30.3 Å². The first-order valence-corrected chi connectivity index (χ1v) is 5.79. The number of nitrogens with two attached hydrogens (primary N) is 1. The standard InChI is InChI=1S/C13H20N2O2/c1-11(14)13(16)15(2)9-6-10-17-12-7-4-3-5-8-12/h3-5,7-8,11H,6,9-10,14H2,1-2H3/t11-/m0/s1. The number of para-hydroxylation sites is 1. The Morgan fingerprint density at radius 1 is 1.41 bits per heavy atom. The Bertz CT molecular complexity index is 339. The summed E-state index contributed by atoms with van der Waals surface area (Å²) in [6.07, 6.45) is 0.795. The Hall–Kier alpha value is -1.55. The molecular formula is C13H20N2O2. The minimum atomic E-state index is -0.435. The van der Waals surface area contributed by atoms with Crippen LogP contribution in [0.2, 0.25) is 0 Å². The van der Waals surface area contributed by atoms with Crippen molar-refractivity contribution in [2.75, 3.05) is 20.2 Å². The summed E-state index contributed by atoms with van der Waals surface area (Å²) < 4.78 is 5.53. The lowest BCUT2D eigenvalue weighted by molar-refractivity contribution is -0.130. The van der Waals surface area contributed by atoms with Gasteiger partial charge in [-0.1, -0.05) is 18.2 Å². The van der Waals surface area contributed by atoms with Gasteiger partial charge < -0.3 is 15.4 Å². The van der Waals surface area contributed by atoms with E-state index in [2.05, 4.69) is 0 Å². The number of benzene rings is 1. The van der Waals surface area contributed by atoms with E-state index in [0.717, 1.165) is 12.2 Å². The van der Waals surface area contributed by atoms with Crippen molar-refractivity contribution in [2.45, 2.75) is 19.4 Å². The van der Waals surface area contributed by atoms with Crippen molar-refractivity contribution in [1.29, 1.82) is 0 Å². The van der Waals surface area contributed by atoms with E-state index >= 15 is 0 Å². The van der Waals surface area contributed by atoms with Crippen molar-refractivity contribution in [3.8, 4) is 5.75 Å². The molecule has 0 fully saturated rings. The van der Waals surface area contributed by atoms with Crippen LogP contribution in [0.25, 0.3) is 0 Å². The van der Waals surface area contributed by atoms with Crippen molar-refractivity contribution in [2.24, 2.45) is 5.73 Å². The Morgan fingerprint density at radius 3 is 2.65 bits per heavy atom. The second-order valence-electron chi connectivity index (χ2n) is 4.06. The topological polar surface area (TPSA) is 55.6 Å². The number of hydrogen-bond acceptors (Lipinski definition) is 3. The zero-order valence-corrected chi connectivity index (χ0v) is 10.4. The van der Waals surface area contributed by atoms with Crippen LogP contribution in [0.1, 0.15) is 13.3 Å². The molecule has 1 amide bonds. The molecule has 4 nitrogen and oxygen atoms in total. The molecule has 0 bridgehead atoms. The Balaban J connectivity index is 2.18. The van der Waals surface area contributed by atoms with Gasteiger partial charge in [0, 0.05) is 13.6 Å². The van der Waals surface area contributed by atoms with Crippen LogP contribution in [0.3, 0.4) is 0 Å². The third-order valence-electron chi connectivity index (χ3n) is 2.42. The van der Waals surface area contributed by atoms with Crippen molar-refractivity contribution in [1.82, 2.24) is 4.90 Å². The highest BCUT2D eigenvalue weighted by Gasteiger charge is 2.12. The molecule has 94 valence electrons. The van der Waals surface area contributed by atoms with E-state index < -0.39 is 6.04 Å². The van der Waals surface area contributed by atoms with Crippen molar-refractivity contribution in [3.05, 3.63) is 30.3 Å². The molecule has 0 aliphatic heterocycles.